The minimum absolute atomic E-state index is 0.0497. The first-order valence-electron chi connectivity index (χ1n) is 5.35. The number of methoxy groups -OCH3 is 1. The fraction of sp³-hybridized carbons (Fsp3) is 0.250. The van der Waals surface area contributed by atoms with Crippen LogP contribution in [0.4, 0.5) is 13.2 Å². The normalized spacial score (nSPS) is 11.4. The van der Waals surface area contributed by atoms with Crippen LogP contribution >= 0.6 is 0 Å². The fourth-order valence-corrected chi connectivity index (χ4v) is 1.72. The van der Waals surface area contributed by atoms with Crippen LogP contribution in [0.2, 0.25) is 0 Å². The van der Waals surface area contributed by atoms with Crippen molar-refractivity contribution < 1.29 is 17.9 Å². The average Bonchev–Trinajstić information content (AvgIpc) is 2.38. The first kappa shape index (κ1) is 13.3. The summed E-state index contributed by atoms with van der Waals surface area (Å²) in [5.74, 6) is 0.0497. The maximum atomic E-state index is 13.0. The molecule has 0 aliphatic carbocycles. The Morgan fingerprint density at radius 1 is 1.16 bits per heavy atom. The third kappa shape index (κ3) is 2.49. The van der Waals surface area contributed by atoms with Gasteiger partial charge in [-0.25, -0.2) is 0 Å². The summed E-state index contributed by atoms with van der Waals surface area (Å²) in [5, 5.41) is 6.65. The Hall–Kier alpha value is -2.18. The molecule has 2 rings (SSSR count). The molecule has 2 aromatic rings. The molecule has 0 saturated carbocycles. The van der Waals surface area contributed by atoms with Gasteiger partial charge >= 0.3 is 6.18 Å². The predicted octanol–water partition coefficient (Wildman–Crippen LogP) is 2.87. The van der Waals surface area contributed by atoms with Crippen molar-refractivity contribution >= 4 is 0 Å². The van der Waals surface area contributed by atoms with Crippen molar-refractivity contribution in [3.8, 4) is 17.1 Å². The minimum atomic E-state index is -4.60. The third-order valence-electron chi connectivity index (χ3n) is 2.56. The van der Waals surface area contributed by atoms with Crippen LogP contribution in [0, 0.1) is 6.92 Å². The highest BCUT2D eigenvalue weighted by atomic mass is 19.4. The van der Waals surface area contributed by atoms with E-state index in [4.69, 9.17) is 4.74 Å². The second kappa shape index (κ2) is 4.83. The Morgan fingerprint density at radius 3 is 2.42 bits per heavy atom. The lowest BCUT2D eigenvalue weighted by Crippen LogP contribution is -2.14. The van der Waals surface area contributed by atoms with Crippen LogP contribution in [0.15, 0.2) is 24.4 Å². The van der Waals surface area contributed by atoms with Gasteiger partial charge in [-0.3, -0.25) is 4.98 Å². The zero-order chi connectivity index (χ0) is 14.0. The van der Waals surface area contributed by atoms with E-state index in [-0.39, 0.29) is 22.7 Å². The largest absolute Gasteiger partial charge is 0.480 e. The Labute approximate surface area is 107 Å². The number of nitrogens with zero attached hydrogens (tertiary/aromatic N) is 3. The molecule has 0 spiro atoms. The molecular formula is C12H10F3N3O. The van der Waals surface area contributed by atoms with E-state index in [9.17, 15) is 13.2 Å². The number of pyridine rings is 1. The van der Waals surface area contributed by atoms with Crippen LogP contribution in [-0.4, -0.2) is 22.3 Å². The maximum absolute atomic E-state index is 13.0. The van der Waals surface area contributed by atoms with Gasteiger partial charge < -0.3 is 4.74 Å². The van der Waals surface area contributed by atoms with Gasteiger partial charge in [0.05, 0.1) is 12.8 Å². The van der Waals surface area contributed by atoms with Crippen LogP contribution in [0.3, 0.4) is 0 Å². The summed E-state index contributed by atoms with van der Waals surface area (Å²) in [5.41, 5.74) is -0.742. The van der Waals surface area contributed by atoms with E-state index in [2.05, 4.69) is 15.2 Å². The lowest BCUT2D eigenvalue weighted by molar-refractivity contribution is -0.141. The van der Waals surface area contributed by atoms with Crippen molar-refractivity contribution in [1.82, 2.24) is 15.2 Å². The van der Waals surface area contributed by atoms with Gasteiger partial charge in [0.2, 0.25) is 5.88 Å². The first-order valence-corrected chi connectivity index (χ1v) is 5.35. The molecular weight excluding hydrogens is 259 g/mol. The van der Waals surface area contributed by atoms with E-state index >= 15 is 0 Å². The predicted molar refractivity (Wildman–Crippen MR) is 61.6 cm³/mol. The molecule has 0 radical (unpaired) electrons. The van der Waals surface area contributed by atoms with Gasteiger partial charge in [-0.2, -0.15) is 13.2 Å². The quantitative estimate of drug-likeness (QED) is 0.841. The second-order valence-corrected chi connectivity index (χ2v) is 3.77. The Kier molecular flexibility index (Phi) is 3.37. The van der Waals surface area contributed by atoms with Gasteiger partial charge in [0.15, 0.2) is 5.69 Å². The highest BCUT2D eigenvalue weighted by molar-refractivity contribution is 5.68. The standard InChI is InChI=1S/C12H10F3N3O/c1-7-9(8-5-3-4-6-16-8)10(12(13,14)15)17-18-11(7)19-2/h3-6H,1-2H3. The highest BCUT2D eigenvalue weighted by Gasteiger charge is 2.38. The third-order valence-corrected chi connectivity index (χ3v) is 2.56. The van der Waals surface area contributed by atoms with Gasteiger partial charge in [0, 0.05) is 17.3 Å². The molecule has 0 unspecified atom stereocenters. The van der Waals surface area contributed by atoms with Gasteiger partial charge in [-0.15, -0.1) is 10.2 Å². The fourth-order valence-electron chi connectivity index (χ4n) is 1.72. The minimum Gasteiger partial charge on any atom is -0.480 e. The van der Waals surface area contributed by atoms with Crippen LogP contribution in [0.5, 0.6) is 5.88 Å². The summed E-state index contributed by atoms with van der Waals surface area (Å²) in [6.07, 6.45) is -3.18. The van der Waals surface area contributed by atoms with E-state index in [0.717, 1.165) is 0 Å². The Bertz CT molecular complexity index is 585. The van der Waals surface area contributed by atoms with E-state index in [1.165, 1.54) is 26.3 Å². The molecule has 0 fully saturated rings. The zero-order valence-electron chi connectivity index (χ0n) is 10.2. The average molecular weight is 269 g/mol. The topological polar surface area (TPSA) is 47.9 Å². The van der Waals surface area contributed by atoms with E-state index in [1.807, 2.05) is 0 Å². The molecule has 2 aromatic heterocycles. The molecule has 0 bridgehead atoms. The van der Waals surface area contributed by atoms with Crippen LogP contribution in [-0.2, 0) is 6.18 Å². The van der Waals surface area contributed by atoms with Crippen LogP contribution < -0.4 is 4.74 Å². The van der Waals surface area contributed by atoms with E-state index in [1.54, 1.807) is 12.1 Å². The molecule has 0 aliphatic rings. The van der Waals surface area contributed by atoms with Crippen molar-refractivity contribution in [3.05, 3.63) is 35.7 Å². The summed E-state index contributed by atoms with van der Waals surface area (Å²) in [4.78, 5) is 3.94. The molecule has 0 amide bonds. The van der Waals surface area contributed by atoms with E-state index in [0.29, 0.717) is 0 Å². The number of halogens is 3. The van der Waals surface area contributed by atoms with Crippen LogP contribution in [0.1, 0.15) is 11.3 Å². The summed E-state index contributed by atoms with van der Waals surface area (Å²) in [7, 11) is 1.33. The number of aromatic nitrogens is 3. The molecule has 0 atom stereocenters. The van der Waals surface area contributed by atoms with Crippen molar-refractivity contribution in [2.24, 2.45) is 0 Å². The number of rotatable bonds is 2. The highest BCUT2D eigenvalue weighted by Crippen LogP contribution is 2.38. The number of alkyl halides is 3. The maximum Gasteiger partial charge on any atom is 0.435 e. The SMILES string of the molecule is COc1nnc(C(F)(F)F)c(-c2ccccn2)c1C. The van der Waals surface area contributed by atoms with E-state index < -0.39 is 11.9 Å². The van der Waals surface area contributed by atoms with Gasteiger partial charge in [0.25, 0.3) is 0 Å². The lowest BCUT2D eigenvalue weighted by Gasteiger charge is -2.14. The summed E-state index contributed by atoms with van der Waals surface area (Å²) >= 11 is 0. The molecule has 0 aliphatic heterocycles. The molecule has 0 aromatic carbocycles. The van der Waals surface area contributed by atoms with Crippen LogP contribution in [0.25, 0.3) is 11.3 Å². The van der Waals surface area contributed by atoms with Crippen molar-refractivity contribution in [1.29, 1.82) is 0 Å². The summed E-state index contributed by atoms with van der Waals surface area (Å²) in [6.45, 7) is 1.49. The Balaban J connectivity index is 2.75. The smallest absolute Gasteiger partial charge is 0.435 e. The zero-order valence-corrected chi connectivity index (χ0v) is 10.2. The molecule has 7 heteroatoms. The Morgan fingerprint density at radius 2 is 1.89 bits per heavy atom. The molecule has 100 valence electrons. The summed E-state index contributed by atoms with van der Waals surface area (Å²) in [6, 6.07) is 4.71. The van der Waals surface area contributed by atoms with Crippen molar-refractivity contribution in [2.75, 3.05) is 7.11 Å². The van der Waals surface area contributed by atoms with Gasteiger partial charge in [0.1, 0.15) is 0 Å². The second-order valence-electron chi connectivity index (χ2n) is 3.77. The lowest BCUT2D eigenvalue weighted by atomic mass is 10.0. The molecule has 2 heterocycles. The summed E-state index contributed by atoms with van der Waals surface area (Å²) < 4.78 is 43.8. The monoisotopic (exact) mass is 269 g/mol. The molecule has 4 nitrogen and oxygen atoms in total. The van der Waals surface area contributed by atoms with Crippen molar-refractivity contribution in [2.45, 2.75) is 13.1 Å². The number of hydrogen-bond donors (Lipinski definition) is 0. The molecule has 19 heavy (non-hydrogen) atoms. The van der Waals surface area contributed by atoms with Crippen molar-refractivity contribution in [3.63, 3.8) is 0 Å². The number of hydrogen-bond acceptors (Lipinski definition) is 4. The molecule has 0 saturated heterocycles. The van der Waals surface area contributed by atoms with Gasteiger partial charge in [-0.05, 0) is 19.1 Å². The molecule has 0 N–H and O–H groups in total. The first-order chi connectivity index (χ1) is 8.95. The number of ether oxygens (including phenoxy) is 1. The van der Waals surface area contributed by atoms with Gasteiger partial charge in [-0.1, -0.05) is 6.07 Å².